The van der Waals surface area contributed by atoms with Crippen LogP contribution in [0.5, 0.6) is 11.6 Å². The van der Waals surface area contributed by atoms with Crippen molar-refractivity contribution in [2.75, 3.05) is 13.7 Å². The Hall–Kier alpha value is -3.57. The van der Waals surface area contributed by atoms with Gasteiger partial charge in [-0.3, -0.25) is 9.59 Å². The summed E-state index contributed by atoms with van der Waals surface area (Å²) in [6.07, 6.45) is 2.10. The maximum atomic E-state index is 15.6. The summed E-state index contributed by atoms with van der Waals surface area (Å²) >= 11 is 0. The van der Waals surface area contributed by atoms with Crippen molar-refractivity contribution in [3.63, 3.8) is 0 Å². The molecule has 3 heterocycles. The topological polar surface area (TPSA) is 120 Å². The summed E-state index contributed by atoms with van der Waals surface area (Å²) in [5.74, 6) is -5.72. The first-order valence-electron chi connectivity index (χ1n) is 16.4. The molecule has 3 fully saturated rings. The van der Waals surface area contributed by atoms with E-state index in [1.165, 1.54) is 18.9 Å². The minimum Gasteiger partial charge on any atom is -0.497 e. The standard InChI is InChI=1S/C34H44F2N4O6/c1-17-25-16-40(28(17)18(2)41)31(42)29(33(3,4)5)39-32(43)46-24-12-8-10-19(24)9-7-11-21-26(34(21,35)36)27-30(45-25)38-23-15-20(44-6)13-14-22(23)37-27/h13-15,17,19,21,24-26,28-29H,7-12,16H2,1-6H3,(H,39,43)/t17-,19-,21?,24-,25+,26?,28+,29-/m1/s1. The van der Waals surface area contributed by atoms with Crippen molar-refractivity contribution in [3.05, 3.63) is 23.9 Å². The fourth-order valence-corrected chi connectivity index (χ4v) is 7.83. The molecule has 250 valence electrons. The Morgan fingerprint density at radius 3 is 2.43 bits per heavy atom. The molecule has 0 spiro atoms. The number of amides is 2. The number of alkyl carbamates (subject to hydrolysis) is 1. The number of methoxy groups -OCH3 is 1. The smallest absolute Gasteiger partial charge is 0.408 e. The summed E-state index contributed by atoms with van der Waals surface area (Å²) in [5.41, 5.74) is 0.245. The Morgan fingerprint density at radius 1 is 1.04 bits per heavy atom. The average molecular weight is 643 g/mol. The van der Waals surface area contributed by atoms with Gasteiger partial charge in [0.05, 0.1) is 36.6 Å². The summed E-state index contributed by atoms with van der Waals surface area (Å²) in [4.78, 5) is 51.3. The number of hydrogen-bond donors (Lipinski definition) is 1. The Morgan fingerprint density at radius 2 is 1.76 bits per heavy atom. The van der Waals surface area contributed by atoms with Crippen molar-refractivity contribution in [2.45, 2.75) is 109 Å². The van der Waals surface area contributed by atoms with Gasteiger partial charge in [0, 0.05) is 17.9 Å². The number of rotatable bonds is 2. The van der Waals surface area contributed by atoms with E-state index < -0.39 is 59.3 Å². The Balaban J connectivity index is 1.43. The molecule has 6 rings (SSSR count). The van der Waals surface area contributed by atoms with Crippen molar-refractivity contribution >= 4 is 28.8 Å². The third-order valence-corrected chi connectivity index (χ3v) is 10.4. The van der Waals surface area contributed by atoms with Crippen LogP contribution in [-0.2, 0) is 14.3 Å². The zero-order valence-electron chi connectivity index (χ0n) is 27.3. The predicted octanol–water partition coefficient (Wildman–Crippen LogP) is 5.66. The van der Waals surface area contributed by atoms with Crippen molar-refractivity contribution < 1.29 is 37.4 Å². The van der Waals surface area contributed by atoms with Gasteiger partial charge in [0.1, 0.15) is 29.7 Å². The van der Waals surface area contributed by atoms with Crippen molar-refractivity contribution in [1.29, 1.82) is 0 Å². The Kier molecular flexibility index (Phi) is 8.38. The van der Waals surface area contributed by atoms with Crippen LogP contribution in [0.4, 0.5) is 13.6 Å². The molecule has 1 aromatic carbocycles. The lowest BCUT2D eigenvalue weighted by Crippen LogP contribution is -2.57. The first-order valence-corrected chi connectivity index (χ1v) is 16.4. The minimum absolute atomic E-state index is 0.00000932. The quantitative estimate of drug-likeness (QED) is 0.446. The van der Waals surface area contributed by atoms with Crippen LogP contribution in [0.3, 0.4) is 0 Å². The molecule has 2 aliphatic heterocycles. The van der Waals surface area contributed by atoms with E-state index in [1.54, 1.807) is 25.1 Å². The van der Waals surface area contributed by atoms with Gasteiger partial charge in [0.2, 0.25) is 11.8 Å². The number of carbonyl (C=O) groups excluding carboxylic acids is 3. The molecule has 2 bridgehead atoms. The molecule has 4 aliphatic rings. The van der Waals surface area contributed by atoms with Gasteiger partial charge in [-0.1, -0.05) is 34.1 Å². The number of halogens is 2. The number of hydrogen-bond acceptors (Lipinski definition) is 8. The second-order valence-electron chi connectivity index (χ2n) is 14.6. The van der Waals surface area contributed by atoms with Crippen LogP contribution in [0.25, 0.3) is 11.0 Å². The molecule has 12 heteroatoms. The highest BCUT2D eigenvalue weighted by atomic mass is 19.3. The highest BCUT2D eigenvalue weighted by Crippen LogP contribution is 2.64. The lowest BCUT2D eigenvalue weighted by Gasteiger charge is -2.35. The third-order valence-electron chi connectivity index (χ3n) is 10.4. The lowest BCUT2D eigenvalue weighted by atomic mass is 9.85. The maximum absolute atomic E-state index is 15.6. The SMILES string of the molecule is COc1ccc2nc3c(nc2c1)O[C@H]1CN(C(=O)[C@H](C(C)(C)C)NC(=O)O[C@@H]2CCC[C@H]2CCCC2C3C2(F)F)[C@H](C(C)=O)[C@@H]1C. The Bertz CT molecular complexity index is 1530. The highest BCUT2D eigenvalue weighted by Gasteiger charge is 2.70. The minimum atomic E-state index is -2.99. The van der Waals surface area contributed by atoms with Crippen molar-refractivity contribution in [3.8, 4) is 11.6 Å². The monoisotopic (exact) mass is 642 g/mol. The fourth-order valence-electron chi connectivity index (χ4n) is 7.83. The number of alkyl halides is 2. The van der Waals surface area contributed by atoms with Crippen LogP contribution in [0.15, 0.2) is 18.2 Å². The van der Waals surface area contributed by atoms with Gasteiger partial charge in [-0.25, -0.2) is 23.5 Å². The van der Waals surface area contributed by atoms with E-state index >= 15 is 8.78 Å². The molecular weight excluding hydrogens is 598 g/mol. The number of Topliss-reactive ketones (excluding diaryl/α,β-unsaturated/α-hetero) is 1. The van der Waals surface area contributed by atoms with Crippen LogP contribution < -0.4 is 14.8 Å². The first kappa shape index (κ1) is 32.4. The van der Waals surface area contributed by atoms with E-state index in [0.29, 0.717) is 36.0 Å². The van der Waals surface area contributed by atoms with Gasteiger partial charge in [-0.2, -0.15) is 0 Å². The van der Waals surface area contributed by atoms with E-state index in [2.05, 4.69) is 15.3 Å². The van der Waals surface area contributed by atoms with E-state index in [1.807, 2.05) is 20.8 Å². The van der Waals surface area contributed by atoms with Crippen molar-refractivity contribution in [2.24, 2.45) is 23.2 Å². The van der Waals surface area contributed by atoms with Crippen LogP contribution >= 0.6 is 0 Å². The second-order valence-corrected chi connectivity index (χ2v) is 14.6. The number of nitrogens with one attached hydrogen (secondary N) is 1. The largest absolute Gasteiger partial charge is 0.497 e. The van der Waals surface area contributed by atoms with Crippen LogP contribution in [0, 0.1) is 23.2 Å². The molecular formula is C34H44F2N4O6. The first-order chi connectivity index (χ1) is 21.7. The predicted molar refractivity (Wildman–Crippen MR) is 165 cm³/mol. The second kappa shape index (κ2) is 11.9. The zero-order chi connectivity index (χ0) is 33.1. The van der Waals surface area contributed by atoms with E-state index in [4.69, 9.17) is 14.2 Å². The van der Waals surface area contributed by atoms with Crippen LogP contribution in [0.2, 0.25) is 0 Å². The van der Waals surface area contributed by atoms with E-state index in [-0.39, 0.29) is 42.3 Å². The van der Waals surface area contributed by atoms with Crippen LogP contribution in [-0.4, -0.2) is 76.5 Å². The maximum Gasteiger partial charge on any atom is 0.408 e. The van der Waals surface area contributed by atoms with Gasteiger partial charge in [0.25, 0.3) is 5.92 Å². The molecule has 2 saturated carbocycles. The summed E-state index contributed by atoms with van der Waals surface area (Å²) < 4.78 is 48.8. The summed E-state index contributed by atoms with van der Waals surface area (Å²) in [6, 6.07) is 3.23. The number of benzene rings is 1. The molecule has 1 saturated heterocycles. The summed E-state index contributed by atoms with van der Waals surface area (Å²) in [6.45, 7) is 8.73. The molecule has 2 aromatic rings. The number of nitrogens with zero attached hydrogens (tertiary/aromatic N) is 3. The number of ether oxygens (including phenoxy) is 3. The molecule has 10 nitrogen and oxygen atoms in total. The normalized spacial score (nSPS) is 33.0. The van der Waals surface area contributed by atoms with Gasteiger partial charge < -0.3 is 24.4 Å². The Labute approximate surface area is 267 Å². The van der Waals surface area contributed by atoms with Gasteiger partial charge in [-0.15, -0.1) is 0 Å². The highest BCUT2D eigenvalue weighted by molar-refractivity contribution is 5.92. The molecule has 2 aliphatic carbocycles. The molecule has 46 heavy (non-hydrogen) atoms. The van der Waals surface area contributed by atoms with Gasteiger partial charge in [0.15, 0.2) is 5.78 Å². The molecule has 2 unspecified atom stereocenters. The number of carbonyl (C=O) groups is 3. The zero-order valence-corrected chi connectivity index (χ0v) is 27.3. The molecule has 8 atom stereocenters. The van der Waals surface area contributed by atoms with Crippen molar-refractivity contribution in [1.82, 2.24) is 20.2 Å². The number of ketones is 1. The average Bonchev–Trinajstić information content (AvgIpc) is 3.25. The molecule has 1 N–H and O–H groups in total. The number of aromatic nitrogens is 2. The third kappa shape index (κ3) is 5.88. The summed E-state index contributed by atoms with van der Waals surface area (Å²) in [5, 5.41) is 2.81. The fraction of sp³-hybridized carbons (Fsp3) is 0.676. The van der Waals surface area contributed by atoms with Gasteiger partial charge >= 0.3 is 6.09 Å². The molecule has 0 radical (unpaired) electrons. The number of fused-ring (bicyclic) bond motifs is 7. The molecule has 1 aromatic heterocycles. The van der Waals surface area contributed by atoms with Gasteiger partial charge in [-0.05, 0) is 62.5 Å². The van der Waals surface area contributed by atoms with E-state index in [9.17, 15) is 14.4 Å². The van der Waals surface area contributed by atoms with E-state index in [0.717, 1.165) is 12.8 Å². The summed E-state index contributed by atoms with van der Waals surface area (Å²) in [7, 11) is 1.52. The molecule has 2 amide bonds. The lowest BCUT2D eigenvalue weighted by molar-refractivity contribution is -0.141. The van der Waals surface area contributed by atoms with Crippen LogP contribution in [0.1, 0.15) is 84.8 Å².